The van der Waals surface area contributed by atoms with Crippen molar-refractivity contribution in [3.8, 4) is 44.5 Å². The lowest BCUT2D eigenvalue weighted by Gasteiger charge is -2.20. The molecular formula is C82H76F26. The van der Waals surface area contributed by atoms with Crippen molar-refractivity contribution >= 4 is 0 Å². The van der Waals surface area contributed by atoms with Gasteiger partial charge in [-0.05, 0) is 210 Å². The number of rotatable bonds is 9. The van der Waals surface area contributed by atoms with Crippen LogP contribution in [0.2, 0.25) is 0 Å². The predicted molar refractivity (Wildman–Crippen MR) is 368 cm³/mol. The molecule has 108 heavy (non-hydrogen) atoms. The zero-order valence-corrected chi connectivity index (χ0v) is 61.0. The van der Waals surface area contributed by atoms with Crippen LogP contribution in [0.3, 0.4) is 0 Å². The number of benzene rings is 9. The van der Waals surface area contributed by atoms with Crippen molar-refractivity contribution in [1.82, 2.24) is 0 Å². The maximum atomic E-state index is 13.8. The Morgan fingerprint density at radius 1 is 0.222 bits per heavy atom. The molecule has 9 rings (SSSR count). The molecule has 0 saturated heterocycles. The Kier molecular flexibility index (Phi) is 28.6. The summed E-state index contributed by atoms with van der Waals surface area (Å²) < 4.78 is 337. The average Bonchev–Trinajstić information content (AvgIpc) is 0.791. The van der Waals surface area contributed by atoms with Crippen molar-refractivity contribution in [3.63, 3.8) is 0 Å². The van der Waals surface area contributed by atoms with E-state index >= 15 is 0 Å². The monoisotopic (exact) mass is 1550 g/mol. The quantitative estimate of drug-likeness (QED) is 0.0768. The van der Waals surface area contributed by atoms with Crippen molar-refractivity contribution in [2.75, 3.05) is 0 Å². The summed E-state index contributed by atoms with van der Waals surface area (Å²) in [6, 6.07) is 29.2. The number of halogens is 26. The third-order valence-electron chi connectivity index (χ3n) is 16.9. The van der Waals surface area contributed by atoms with E-state index in [1.54, 1.807) is 64.1 Å². The summed E-state index contributed by atoms with van der Waals surface area (Å²) in [5.41, 5.74) is 0.720. The minimum Gasteiger partial charge on any atom is -0.203 e. The molecule has 0 aliphatic carbocycles. The Morgan fingerprint density at radius 3 is 0.769 bits per heavy atom. The molecule has 0 radical (unpaired) electrons. The summed E-state index contributed by atoms with van der Waals surface area (Å²) in [6.45, 7) is 28.8. The smallest absolute Gasteiger partial charge is 0.203 e. The highest BCUT2D eigenvalue weighted by molar-refractivity contribution is 5.71. The van der Waals surface area contributed by atoms with E-state index in [0.717, 1.165) is 80.9 Å². The van der Waals surface area contributed by atoms with Gasteiger partial charge in [-0.3, -0.25) is 0 Å². The summed E-state index contributed by atoms with van der Waals surface area (Å²) in [7, 11) is 0. The highest BCUT2D eigenvalue weighted by Gasteiger charge is 2.42. The third-order valence-corrected chi connectivity index (χ3v) is 16.9. The van der Waals surface area contributed by atoms with Crippen LogP contribution in [0.1, 0.15) is 199 Å². The topological polar surface area (TPSA) is 0 Å². The van der Waals surface area contributed by atoms with Gasteiger partial charge in [0, 0.05) is 0 Å². The van der Waals surface area contributed by atoms with E-state index in [-0.39, 0.29) is 63.8 Å². The van der Waals surface area contributed by atoms with E-state index in [4.69, 9.17) is 0 Å². The van der Waals surface area contributed by atoms with Gasteiger partial charge >= 0.3 is 43.2 Å². The van der Waals surface area contributed by atoms with Gasteiger partial charge in [-0.2, -0.15) is 92.2 Å². The van der Waals surface area contributed by atoms with E-state index in [0.29, 0.717) is 28.2 Å². The minimum atomic E-state index is -4.85. The maximum Gasteiger partial charge on any atom is 0.416 e. The fraction of sp³-hybridized carbons (Fsp3) is 0.341. The summed E-state index contributed by atoms with van der Waals surface area (Å²) in [6.07, 6.45) is -33.2. The predicted octanol–water partition coefficient (Wildman–Crippen LogP) is 30.4. The van der Waals surface area contributed by atoms with E-state index in [1.807, 2.05) is 66.7 Å². The molecule has 586 valence electrons. The average molecular weight is 1560 g/mol. The highest BCUT2D eigenvalue weighted by Crippen LogP contribution is 2.45. The fourth-order valence-corrected chi connectivity index (χ4v) is 11.4. The SMILES string of the molecule is Cc1cc(-c2c(F)c(F)c(F)c(F)c2F)cc(C(C)C)c1.Cc1cc(-c2cc(C(F)(F)F)cc(C(F)(F)F)c2)cc(C(C)C)c1.Cc1cc(-c2cc(C(F)(F)F)cc(C(F)(F)F)c2)cc(C(C)C)c1.Cc1cc(-c2ccc(C(F)(F)F)cc2C)cc(C(C)C)c1.Cc1cc(C(F)(F)F)cc(C(F)(F)F)c1C(C)C. The van der Waals surface area contributed by atoms with Crippen LogP contribution >= 0.6 is 0 Å². The lowest BCUT2D eigenvalue weighted by atomic mass is 9.90. The van der Waals surface area contributed by atoms with Crippen LogP contribution in [0.4, 0.5) is 114 Å². The van der Waals surface area contributed by atoms with Crippen LogP contribution in [0, 0.1) is 70.6 Å². The second kappa shape index (κ2) is 34.4. The lowest BCUT2D eigenvalue weighted by molar-refractivity contribution is -0.145. The van der Waals surface area contributed by atoms with Gasteiger partial charge in [0.05, 0.1) is 44.5 Å². The molecule has 0 N–H and O–H groups in total. The second-order valence-electron chi connectivity index (χ2n) is 27.6. The standard InChI is InChI=1S/2C18H16F6.C18H19F3.C16H13F5.C12H12F6/c2*1-10(2)12-4-11(3)5-13(6-12)14-7-15(17(19,20)21)9-16(8-14)18(22,23)24;1-11(2)14-7-12(3)8-15(10-14)17-6-5-16(9-13(17)4)18(19,20)21;1-7(2)9-4-8(3)5-10(6-9)11-12(17)14(19)16(21)15(20)13(11)18;1-6(2)10-7(3)4-8(11(13,14)15)5-9(10)12(16,17)18/h2*4-10H,1-3H3;5-11H,1-4H3;4-7H,1-3H3;4-6H,1-3H3. The first-order valence-electron chi connectivity index (χ1n) is 33.2. The third kappa shape index (κ3) is 23.8. The van der Waals surface area contributed by atoms with E-state index in [2.05, 4.69) is 26.0 Å². The van der Waals surface area contributed by atoms with Gasteiger partial charge in [-0.25, -0.2) is 22.0 Å². The first kappa shape index (κ1) is 89.8. The molecular weight excluding hydrogens is 1480 g/mol. The summed E-state index contributed by atoms with van der Waals surface area (Å²) in [4.78, 5) is 0. The molecule has 0 bridgehead atoms. The summed E-state index contributed by atoms with van der Waals surface area (Å²) in [5, 5.41) is 0. The van der Waals surface area contributed by atoms with E-state index in [9.17, 15) is 114 Å². The number of alkyl halides is 21. The van der Waals surface area contributed by atoms with Crippen LogP contribution < -0.4 is 0 Å². The van der Waals surface area contributed by atoms with Gasteiger partial charge in [0.1, 0.15) is 0 Å². The molecule has 0 amide bonds. The first-order chi connectivity index (χ1) is 49.1. The van der Waals surface area contributed by atoms with Gasteiger partial charge in [-0.15, -0.1) is 0 Å². The normalized spacial score (nSPS) is 12.4. The van der Waals surface area contributed by atoms with Crippen LogP contribution in [0.15, 0.2) is 140 Å². The first-order valence-corrected chi connectivity index (χ1v) is 33.2. The zero-order valence-electron chi connectivity index (χ0n) is 61.0. The van der Waals surface area contributed by atoms with Crippen molar-refractivity contribution in [2.24, 2.45) is 0 Å². The number of hydrogen-bond donors (Lipinski definition) is 0. The Hall–Kier alpha value is -8.84. The molecule has 9 aromatic carbocycles. The number of aryl methyl sites for hydroxylation is 6. The summed E-state index contributed by atoms with van der Waals surface area (Å²) in [5.74, 6) is -9.47. The van der Waals surface area contributed by atoms with Crippen molar-refractivity contribution in [1.29, 1.82) is 0 Å². The van der Waals surface area contributed by atoms with Gasteiger partial charge in [-0.1, -0.05) is 170 Å². The van der Waals surface area contributed by atoms with Gasteiger partial charge < -0.3 is 0 Å². The van der Waals surface area contributed by atoms with E-state index < -0.39 is 123 Å². The zero-order chi connectivity index (χ0) is 82.5. The molecule has 9 aromatic rings. The molecule has 0 spiro atoms. The molecule has 0 heterocycles. The molecule has 26 heteroatoms. The molecule has 0 saturated carbocycles. The van der Waals surface area contributed by atoms with Gasteiger partial charge in [0.15, 0.2) is 23.3 Å². The molecule has 0 atom stereocenters. The lowest BCUT2D eigenvalue weighted by Crippen LogP contribution is -2.15. The molecule has 0 aromatic heterocycles. The largest absolute Gasteiger partial charge is 0.416 e. The van der Waals surface area contributed by atoms with Gasteiger partial charge in [0.25, 0.3) is 0 Å². The molecule has 0 fully saturated rings. The maximum absolute atomic E-state index is 13.8. The molecule has 0 aliphatic heterocycles. The molecule has 0 aliphatic rings. The Bertz CT molecular complexity index is 4400. The molecule has 0 unspecified atom stereocenters. The van der Waals surface area contributed by atoms with Gasteiger partial charge in [0.2, 0.25) is 5.82 Å². The van der Waals surface area contributed by atoms with Crippen LogP contribution in [-0.2, 0) is 43.2 Å². The van der Waals surface area contributed by atoms with Crippen LogP contribution in [0.25, 0.3) is 44.5 Å². The van der Waals surface area contributed by atoms with Crippen molar-refractivity contribution in [3.05, 3.63) is 269 Å². The Morgan fingerprint density at radius 2 is 0.481 bits per heavy atom. The molecule has 0 nitrogen and oxygen atoms in total. The summed E-state index contributed by atoms with van der Waals surface area (Å²) >= 11 is 0. The highest BCUT2D eigenvalue weighted by atomic mass is 19.4. The number of hydrogen-bond acceptors (Lipinski definition) is 0. The fourth-order valence-electron chi connectivity index (χ4n) is 11.4. The second-order valence-corrected chi connectivity index (χ2v) is 27.6. The Balaban J connectivity index is 0.000000243. The van der Waals surface area contributed by atoms with E-state index in [1.165, 1.54) is 44.5 Å². The Labute approximate surface area is 608 Å². The minimum absolute atomic E-state index is 0.00662. The van der Waals surface area contributed by atoms with Crippen LogP contribution in [-0.4, -0.2) is 0 Å². The van der Waals surface area contributed by atoms with Crippen LogP contribution in [0.5, 0.6) is 0 Å². The van der Waals surface area contributed by atoms with Crippen molar-refractivity contribution in [2.45, 2.75) is 184 Å². The van der Waals surface area contributed by atoms with Crippen molar-refractivity contribution < 1.29 is 114 Å².